The van der Waals surface area contributed by atoms with E-state index in [2.05, 4.69) is 0 Å². The van der Waals surface area contributed by atoms with E-state index in [0.29, 0.717) is 17.6 Å². The summed E-state index contributed by atoms with van der Waals surface area (Å²) in [6.07, 6.45) is 7.21. The van der Waals surface area contributed by atoms with E-state index in [1.54, 1.807) is 18.2 Å². The fourth-order valence-corrected chi connectivity index (χ4v) is 3.41. The lowest BCUT2D eigenvalue weighted by Gasteiger charge is -2.29. The van der Waals surface area contributed by atoms with E-state index < -0.39 is 28.0 Å². The molecule has 0 saturated heterocycles. The first-order valence-electron chi connectivity index (χ1n) is 8.26. The normalized spacial score (nSPS) is 19.8. The number of ketones is 2. The number of amides is 1. The number of hydroxylamine groups is 1. The molecule has 3 aliphatic carbocycles. The average molecular weight is 417 g/mol. The quantitative estimate of drug-likeness (QED) is 0.230. The van der Waals surface area contributed by atoms with E-state index >= 15 is 0 Å². The average Bonchev–Trinajstić information content (AvgIpc) is 2.66. The zero-order chi connectivity index (χ0) is 21.3. The van der Waals surface area contributed by atoms with Crippen LogP contribution in [0.3, 0.4) is 0 Å². The summed E-state index contributed by atoms with van der Waals surface area (Å²) < 4.78 is 31.6. The van der Waals surface area contributed by atoms with E-state index in [-0.39, 0.29) is 11.4 Å². The van der Waals surface area contributed by atoms with E-state index in [1.165, 1.54) is 11.6 Å². The van der Waals surface area contributed by atoms with Gasteiger partial charge in [-0.3, -0.25) is 28.7 Å². The monoisotopic (exact) mass is 417 g/mol. The van der Waals surface area contributed by atoms with Crippen molar-refractivity contribution in [3.63, 3.8) is 0 Å². The lowest BCUT2D eigenvalue weighted by molar-refractivity contribution is -0.128. The fourth-order valence-electron chi connectivity index (χ4n) is 3.41. The maximum atomic E-state index is 12.7. The number of nitrogens with one attached hydrogen (secondary N) is 1. The molecule has 0 fully saturated rings. The molecule has 0 bridgehead atoms. The minimum Gasteiger partial charge on any atom is -0.293 e. The van der Waals surface area contributed by atoms with Crippen LogP contribution in [0.2, 0.25) is 0 Å². The Balaban J connectivity index is 0.000000431. The Morgan fingerprint density at radius 2 is 1.76 bits per heavy atom. The van der Waals surface area contributed by atoms with Crippen LogP contribution in [0.1, 0.15) is 15.9 Å². The molecule has 150 valence electrons. The fraction of sp³-hybridized carbons (Fsp3) is 0.105. The van der Waals surface area contributed by atoms with Crippen LogP contribution in [0.4, 0.5) is 0 Å². The Hall–Kier alpha value is -3.18. The third kappa shape index (κ3) is 4.30. The van der Waals surface area contributed by atoms with Crippen LogP contribution in [0, 0.1) is 5.92 Å². The number of hydrogen-bond acceptors (Lipinski definition) is 6. The van der Waals surface area contributed by atoms with Crippen molar-refractivity contribution in [1.82, 2.24) is 5.48 Å². The number of hydrogen-bond donors (Lipinski definition) is 4. The van der Waals surface area contributed by atoms with Crippen LogP contribution < -0.4 is 5.48 Å². The first kappa shape index (κ1) is 20.6. The van der Waals surface area contributed by atoms with Crippen molar-refractivity contribution in [3.05, 3.63) is 82.0 Å². The van der Waals surface area contributed by atoms with E-state index in [4.69, 9.17) is 22.7 Å². The summed E-state index contributed by atoms with van der Waals surface area (Å²) in [4.78, 5) is 36.8. The predicted octanol–water partition coefficient (Wildman–Crippen LogP) is 1.20. The zero-order valence-electron chi connectivity index (χ0n) is 14.7. The molecule has 0 heterocycles. The van der Waals surface area contributed by atoms with Crippen LogP contribution >= 0.6 is 0 Å². The van der Waals surface area contributed by atoms with E-state index in [0.717, 1.165) is 16.7 Å². The molecule has 1 aromatic carbocycles. The van der Waals surface area contributed by atoms with Crippen molar-refractivity contribution in [2.45, 2.75) is 6.42 Å². The van der Waals surface area contributed by atoms with Gasteiger partial charge in [-0.05, 0) is 29.2 Å². The maximum absolute atomic E-state index is 12.7. The Bertz CT molecular complexity index is 1150. The number of fused-ring (bicyclic) bond motifs is 3. The molecule has 1 aromatic rings. The Morgan fingerprint density at radius 1 is 1.10 bits per heavy atom. The predicted molar refractivity (Wildman–Crippen MR) is 99.4 cm³/mol. The second-order valence-electron chi connectivity index (χ2n) is 6.39. The van der Waals surface area contributed by atoms with E-state index in [9.17, 15) is 14.4 Å². The van der Waals surface area contributed by atoms with Crippen molar-refractivity contribution in [2.24, 2.45) is 5.92 Å². The second-order valence-corrected chi connectivity index (χ2v) is 7.29. The number of allylic oxidation sites excluding steroid dienone is 7. The summed E-state index contributed by atoms with van der Waals surface area (Å²) in [5, 5.41) is 8.74. The smallest absolute Gasteiger partial charge is 0.293 e. The Kier molecular flexibility index (Phi) is 5.44. The lowest BCUT2D eigenvalue weighted by Crippen LogP contribution is -2.32. The molecule has 0 spiro atoms. The third-order valence-electron chi connectivity index (χ3n) is 4.60. The number of Topliss-reactive ketones (excluding diaryl/α,β-unsaturated/α-hetero) is 2. The van der Waals surface area contributed by atoms with Gasteiger partial charge >= 0.3 is 10.4 Å². The maximum Gasteiger partial charge on any atom is 0.394 e. The largest absolute Gasteiger partial charge is 0.394 e. The highest BCUT2D eigenvalue weighted by Gasteiger charge is 2.36. The van der Waals surface area contributed by atoms with Gasteiger partial charge in [0, 0.05) is 11.1 Å². The summed E-state index contributed by atoms with van der Waals surface area (Å²) in [6.45, 7) is 0. The summed E-state index contributed by atoms with van der Waals surface area (Å²) in [6, 6.07) is 7.44. The molecule has 3 aliphatic rings. The van der Waals surface area contributed by atoms with Gasteiger partial charge in [0.25, 0.3) is 5.91 Å². The molecular formula is C19H15NO8S. The molecular weight excluding hydrogens is 402 g/mol. The van der Waals surface area contributed by atoms with Crippen molar-refractivity contribution < 1.29 is 37.1 Å². The molecule has 0 aromatic heterocycles. The molecule has 10 heteroatoms. The zero-order valence-corrected chi connectivity index (χ0v) is 15.5. The van der Waals surface area contributed by atoms with Gasteiger partial charge < -0.3 is 0 Å². The number of benzene rings is 1. The van der Waals surface area contributed by atoms with Crippen LogP contribution in [-0.4, -0.2) is 40.2 Å². The van der Waals surface area contributed by atoms with Gasteiger partial charge in [0.1, 0.15) is 0 Å². The van der Waals surface area contributed by atoms with Crippen molar-refractivity contribution in [2.75, 3.05) is 0 Å². The lowest BCUT2D eigenvalue weighted by atomic mass is 9.73. The van der Waals surface area contributed by atoms with Gasteiger partial charge in [0.05, 0.1) is 11.5 Å². The highest BCUT2D eigenvalue weighted by atomic mass is 32.3. The highest BCUT2D eigenvalue weighted by molar-refractivity contribution is 7.79. The topological polar surface area (TPSA) is 158 Å². The minimum absolute atomic E-state index is 0.0994. The molecule has 0 aliphatic heterocycles. The second kappa shape index (κ2) is 7.68. The SMILES string of the molecule is O=C(NO)C1=CC=C2C=C3Cc4ccccc4C(=O)C3=CC2C1=O.O=S(=O)(O)O. The highest BCUT2D eigenvalue weighted by Crippen LogP contribution is 2.38. The van der Waals surface area contributed by atoms with Crippen LogP contribution in [-0.2, 0) is 26.4 Å². The van der Waals surface area contributed by atoms with Crippen molar-refractivity contribution in [1.29, 1.82) is 0 Å². The summed E-state index contributed by atoms with van der Waals surface area (Å²) in [5.41, 5.74) is 5.14. The van der Waals surface area contributed by atoms with Crippen molar-refractivity contribution in [3.8, 4) is 0 Å². The molecule has 1 amide bonds. The first-order valence-corrected chi connectivity index (χ1v) is 9.65. The Labute approximate surface area is 165 Å². The van der Waals surface area contributed by atoms with Gasteiger partial charge in [-0.25, -0.2) is 5.48 Å². The summed E-state index contributed by atoms with van der Waals surface area (Å²) in [5.74, 6) is -2.04. The van der Waals surface area contributed by atoms with Crippen LogP contribution in [0.25, 0.3) is 0 Å². The molecule has 9 nitrogen and oxygen atoms in total. The van der Waals surface area contributed by atoms with Crippen LogP contribution in [0.15, 0.2) is 70.9 Å². The minimum atomic E-state index is -4.67. The van der Waals surface area contributed by atoms with Crippen LogP contribution in [0.5, 0.6) is 0 Å². The van der Waals surface area contributed by atoms with Gasteiger partial charge in [-0.15, -0.1) is 0 Å². The summed E-state index contributed by atoms with van der Waals surface area (Å²) in [7, 11) is -4.67. The molecule has 4 rings (SSSR count). The van der Waals surface area contributed by atoms with Gasteiger partial charge in [-0.1, -0.05) is 42.5 Å². The standard InChI is InChI=1S/C19H13NO4.H2O4S/c21-17-13-4-2-1-3-10(13)7-12-8-11-5-6-14(19(23)20-24)18(22)15(11)9-16(12)17;1-5(2,3)4/h1-6,8-9,15,24H,7H2,(H,20,23);(H2,1,2,3,4). The molecule has 0 radical (unpaired) electrons. The molecule has 0 saturated carbocycles. The molecule has 1 atom stereocenters. The third-order valence-corrected chi connectivity index (χ3v) is 4.60. The van der Waals surface area contributed by atoms with E-state index in [1.807, 2.05) is 24.3 Å². The molecule has 1 unspecified atom stereocenters. The van der Waals surface area contributed by atoms with Gasteiger partial charge in [-0.2, -0.15) is 8.42 Å². The Morgan fingerprint density at radius 3 is 2.41 bits per heavy atom. The van der Waals surface area contributed by atoms with Gasteiger partial charge in [0.15, 0.2) is 11.6 Å². The number of rotatable bonds is 1. The molecule has 4 N–H and O–H groups in total. The molecule has 29 heavy (non-hydrogen) atoms. The number of carbonyl (C=O) groups excluding carboxylic acids is 3. The summed E-state index contributed by atoms with van der Waals surface area (Å²) >= 11 is 0. The van der Waals surface area contributed by atoms with Crippen molar-refractivity contribution >= 4 is 27.9 Å². The van der Waals surface area contributed by atoms with Gasteiger partial charge in [0.2, 0.25) is 0 Å². The number of carbonyl (C=O) groups is 3. The first-order chi connectivity index (χ1) is 13.6.